The molecule has 0 amide bonds. The van der Waals surface area contributed by atoms with Crippen LogP contribution in [0.15, 0.2) is 10.7 Å². The molecule has 5 nitrogen and oxygen atoms in total. The molecule has 0 saturated carbocycles. The molecular weight excluding hydrogens is 244 g/mol. The number of aliphatic carboxylic acids is 1. The van der Waals surface area contributed by atoms with Crippen molar-refractivity contribution < 1.29 is 14.3 Å². The van der Waals surface area contributed by atoms with Crippen molar-refractivity contribution in [1.82, 2.24) is 9.88 Å². The van der Waals surface area contributed by atoms with Crippen molar-refractivity contribution in [3.63, 3.8) is 0 Å². The van der Waals surface area contributed by atoms with Gasteiger partial charge in [-0.1, -0.05) is 6.42 Å². The van der Waals surface area contributed by atoms with Crippen molar-refractivity contribution in [3.8, 4) is 0 Å². The number of nitrogens with zero attached hydrogens (tertiary/aromatic N) is 2. The second-order valence-corrected chi connectivity index (χ2v) is 5.41. The molecule has 1 aromatic heterocycles. The first-order valence-corrected chi connectivity index (χ1v) is 6.99. The Balaban J connectivity index is 2.05. The molecule has 1 fully saturated rings. The van der Waals surface area contributed by atoms with Gasteiger partial charge in [0.05, 0.1) is 18.2 Å². The molecular formula is C14H22N2O3. The third-order valence-corrected chi connectivity index (χ3v) is 3.66. The Labute approximate surface area is 113 Å². The van der Waals surface area contributed by atoms with Crippen LogP contribution in [0.2, 0.25) is 0 Å². The summed E-state index contributed by atoms with van der Waals surface area (Å²) in [5, 5.41) is 8.68. The Hall–Kier alpha value is -1.36. The zero-order chi connectivity index (χ0) is 13.8. The Morgan fingerprint density at radius 1 is 1.58 bits per heavy atom. The van der Waals surface area contributed by atoms with Crippen LogP contribution in [0.5, 0.6) is 0 Å². The van der Waals surface area contributed by atoms with Gasteiger partial charge < -0.3 is 9.52 Å². The van der Waals surface area contributed by atoms with Gasteiger partial charge in [-0.05, 0) is 33.2 Å². The number of hydrogen-bond donors (Lipinski definition) is 1. The number of likely N-dealkylation sites (tertiary alicyclic amines) is 1. The zero-order valence-electron chi connectivity index (χ0n) is 11.6. The summed E-state index contributed by atoms with van der Waals surface area (Å²) in [5.74, 6) is -0.0557. The molecule has 0 aliphatic carbocycles. The summed E-state index contributed by atoms with van der Waals surface area (Å²) in [5.41, 5.74) is 0.742. The summed E-state index contributed by atoms with van der Waals surface area (Å²) in [6.07, 6.45) is 5.63. The predicted octanol–water partition coefficient (Wildman–Crippen LogP) is 2.63. The van der Waals surface area contributed by atoms with Crippen LogP contribution >= 0.6 is 0 Å². The highest BCUT2D eigenvalue weighted by atomic mass is 16.4. The van der Waals surface area contributed by atoms with Gasteiger partial charge in [0.25, 0.3) is 0 Å². The van der Waals surface area contributed by atoms with E-state index < -0.39 is 5.97 Å². The Kier molecular flexibility index (Phi) is 4.58. The summed E-state index contributed by atoms with van der Waals surface area (Å²) in [4.78, 5) is 17.4. The third-order valence-electron chi connectivity index (χ3n) is 3.66. The van der Waals surface area contributed by atoms with Crippen molar-refractivity contribution >= 4 is 5.97 Å². The van der Waals surface area contributed by atoms with Crippen LogP contribution < -0.4 is 0 Å². The first-order chi connectivity index (χ1) is 9.08. The minimum atomic E-state index is -0.800. The number of piperidine rings is 1. The van der Waals surface area contributed by atoms with Gasteiger partial charge in [0.15, 0.2) is 0 Å². The van der Waals surface area contributed by atoms with E-state index >= 15 is 0 Å². The number of rotatable bonds is 5. The minimum absolute atomic E-state index is 0.102. The van der Waals surface area contributed by atoms with Crippen LogP contribution in [-0.2, 0) is 11.2 Å². The molecule has 19 heavy (non-hydrogen) atoms. The van der Waals surface area contributed by atoms with E-state index in [1.165, 1.54) is 12.8 Å². The fourth-order valence-electron chi connectivity index (χ4n) is 2.66. The number of hydrogen-bond acceptors (Lipinski definition) is 4. The van der Waals surface area contributed by atoms with Gasteiger partial charge >= 0.3 is 5.97 Å². The van der Waals surface area contributed by atoms with E-state index in [9.17, 15) is 4.79 Å². The normalized spacial score (nSPS) is 20.9. The van der Waals surface area contributed by atoms with E-state index in [0.29, 0.717) is 12.5 Å². The van der Waals surface area contributed by atoms with E-state index in [-0.39, 0.29) is 12.5 Å². The predicted molar refractivity (Wildman–Crippen MR) is 70.9 cm³/mol. The highest BCUT2D eigenvalue weighted by Crippen LogP contribution is 2.31. The van der Waals surface area contributed by atoms with Crippen LogP contribution in [0.25, 0.3) is 0 Å². The van der Waals surface area contributed by atoms with Crippen LogP contribution in [0.4, 0.5) is 0 Å². The maximum absolute atomic E-state index is 10.6. The molecule has 1 atom stereocenters. The largest absolute Gasteiger partial charge is 0.481 e. The van der Waals surface area contributed by atoms with Gasteiger partial charge in [-0.25, -0.2) is 4.98 Å². The van der Waals surface area contributed by atoms with Crippen LogP contribution in [-0.4, -0.2) is 33.5 Å². The lowest BCUT2D eigenvalue weighted by Crippen LogP contribution is -2.38. The van der Waals surface area contributed by atoms with E-state index in [1.807, 2.05) is 0 Å². The number of carbonyl (C=O) groups is 1. The monoisotopic (exact) mass is 266 g/mol. The average molecular weight is 266 g/mol. The summed E-state index contributed by atoms with van der Waals surface area (Å²) in [7, 11) is 0. The van der Waals surface area contributed by atoms with Gasteiger partial charge in [-0.3, -0.25) is 9.69 Å². The Morgan fingerprint density at radius 3 is 3.05 bits per heavy atom. The molecule has 2 rings (SSSR count). The molecule has 0 aromatic carbocycles. The Bertz CT molecular complexity index is 428. The number of aryl methyl sites for hydroxylation is 1. The second kappa shape index (κ2) is 6.19. The summed E-state index contributed by atoms with van der Waals surface area (Å²) in [6, 6.07) is 0.715. The van der Waals surface area contributed by atoms with Crippen molar-refractivity contribution in [2.45, 2.75) is 58.0 Å². The maximum atomic E-state index is 10.6. The molecule has 1 N–H and O–H groups in total. The zero-order valence-corrected chi connectivity index (χ0v) is 11.6. The van der Waals surface area contributed by atoms with Crippen LogP contribution in [0.1, 0.15) is 57.2 Å². The fraction of sp³-hybridized carbons (Fsp3) is 0.714. The summed E-state index contributed by atoms with van der Waals surface area (Å²) >= 11 is 0. The van der Waals surface area contributed by atoms with Crippen molar-refractivity contribution in [3.05, 3.63) is 17.8 Å². The van der Waals surface area contributed by atoms with E-state index in [1.54, 1.807) is 6.26 Å². The summed E-state index contributed by atoms with van der Waals surface area (Å²) < 4.78 is 5.57. The van der Waals surface area contributed by atoms with Crippen molar-refractivity contribution in [2.75, 3.05) is 6.54 Å². The van der Waals surface area contributed by atoms with Gasteiger partial charge in [0.2, 0.25) is 5.89 Å². The number of aromatic nitrogens is 1. The lowest BCUT2D eigenvalue weighted by Gasteiger charge is -2.36. The third kappa shape index (κ3) is 3.56. The average Bonchev–Trinajstić information content (AvgIpc) is 2.85. The highest BCUT2D eigenvalue weighted by Gasteiger charge is 2.29. The number of oxazole rings is 1. The molecule has 0 radical (unpaired) electrons. The molecule has 0 bridgehead atoms. The summed E-state index contributed by atoms with van der Waals surface area (Å²) in [6.45, 7) is 5.45. The standard InChI is InChI=1S/C14H22N2O3/c1-10(2)16-8-4-3-5-12(16)14-15-11(9-19-14)6-7-13(17)18/h9-10,12H,3-8H2,1-2H3,(H,17,18). The van der Waals surface area contributed by atoms with Gasteiger partial charge in [0, 0.05) is 12.5 Å². The molecule has 106 valence electrons. The van der Waals surface area contributed by atoms with Crippen LogP contribution in [0.3, 0.4) is 0 Å². The number of carboxylic acids is 1. The van der Waals surface area contributed by atoms with Gasteiger partial charge in [-0.15, -0.1) is 0 Å². The lowest BCUT2D eigenvalue weighted by molar-refractivity contribution is -0.136. The van der Waals surface area contributed by atoms with E-state index in [2.05, 4.69) is 23.7 Å². The first kappa shape index (κ1) is 14.1. The van der Waals surface area contributed by atoms with Gasteiger partial charge in [-0.2, -0.15) is 0 Å². The highest BCUT2D eigenvalue weighted by molar-refractivity contribution is 5.66. The first-order valence-electron chi connectivity index (χ1n) is 6.99. The number of carboxylic acid groups (broad SMARTS) is 1. The molecule has 1 aliphatic heterocycles. The second-order valence-electron chi connectivity index (χ2n) is 5.41. The fourth-order valence-corrected chi connectivity index (χ4v) is 2.66. The Morgan fingerprint density at radius 2 is 2.37 bits per heavy atom. The molecule has 1 unspecified atom stereocenters. The van der Waals surface area contributed by atoms with Crippen molar-refractivity contribution in [2.24, 2.45) is 0 Å². The molecule has 1 saturated heterocycles. The molecule has 2 heterocycles. The van der Waals surface area contributed by atoms with E-state index in [0.717, 1.165) is 24.6 Å². The van der Waals surface area contributed by atoms with Crippen LogP contribution in [0, 0.1) is 0 Å². The van der Waals surface area contributed by atoms with Gasteiger partial charge in [0.1, 0.15) is 6.26 Å². The SMILES string of the molecule is CC(C)N1CCCCC1c1nc(CCC(=O)O)co1. The molecule has 1 aliphatic rings. The quantitative estimate of drug-likeness (QED) is 0.887. The molecule has 5 heteroatoms. The lowest BCUT2D eigenvalue weighted by atomic mass is 10.0. The van der Waals surface area contributed by atoms with Crippen molar-refractivity contribution in [1.29, 1.82) is 0 Å². The molecule has 1 aromatic rings. The van der Waals surface area contributed by atoms with E-state index in [4.69, 9.17) is 9.52 Å². The topological polar surface area (TPSA) is 66.6 Å². The smallest absolute Gasteiger partial charge is 0.303 e. The minimum Gasteiger partial charge on any atom is -0.481 e. The molecule has 0 spiro atoms. The maximum Gasteiger partial charge on any atom is 0.303 e.